The number of ether oxygens (including phenoxy) is 2. The van der Waals surface area contributed by atoms with E-state index in [0.717, 1.165) is 11.1 Å². The highest BCUT2D eigenvalue weighted by molar-refractivity contribution is 6.12. The Morgan fingerprint density at radius 3 is 2.29 bits per heavy atom. The van der Waals surface area contributed by atoms with E-state index in [1.807, 2.05) is 6.92 Å². The standard InChI is InChI=1S/C17H17FO3/c1-10-9-15(21-4)11(2)8-12(10)17(19)16-13(18)6-5-7-14(16)20-3/h5-9H,1-4H3. The van der Waals surface area contributed by atoms with Gasteiger partial charge < -0.3 is 9.47 Å². The lowest BCUT2D eigenvalue weighted by Crippen LogP contribution is -2.09. The molecule has 0 saturated carbocycles. The van der Waals surface area contributed by atoms with Crippen LogP contribution in [0, 0.1) is 19.7 Å². The predicted molar refractivity (Wildman–Crippen MR) is 78.9 cm³/mol. The fraction of sp³-hybridized carbons (Fsp3) is 0.235. The van der Waals surface area contributed by atoms with E-state index in [9.17, 15) is 9.18 Å². The molecule has 3 nitrogen and oxygen atoms in total. The summed E-state index contributed by atoms with van der Waals surface area (Å²) in [5.41, 5.74) is 1.94. The van der Waals surface area contributed by atoms with Gasteiger partial charge in [0.15, 0.2) is 5.78 Å². The van der Waals surface area contributed by atoms with Gasteiger partial charge in [0.05, 0.1) is 14.2 Å². The van der Waals surface area contributed by atoms with Gasteiger partial charge in [-0.1, -0.05) is 6.07 Å². The number of benzene rings is 2. The number of aryl methyl sites for hydroxylation is 2. The third-order valence-electron chi connectivity index (χ3n) is 3.41. The third kappa shape index (κ3) is 2.75. The lowest BCUT2D eigenvalue weighted by molar-refractivity contribution is 0.103. The summed E-state index contributed by atoms with van der Waals surface area (Å²) >= 11 is 0. The normalized spacial score (nSPS) is 10.3. The molecule has 0 fully saturated rings. The van der Waals surface area contributed by atoms with Gasteiger partial charge in [0.25, 0.3) is 0 Å². The van der Waals surface area contributed by atoms with Crippen LogP contribution in [0.2, 0.25) is 0 Å². The van der Waals surface area contributed by atoms with Gasteiger partial charge in [-0.2, -0.15) is 0 Å². The lowest BCUT2D eigenvalue weighted by atomic mass is 9.96. The van der Waals surface area contributed by atoms with Crippen molar-refractivity contribution in [2.45, 2.75) is 13.8 Å². The largest absolute Gasteiger partial charge is 0.496 e. The van der Waals surface area contributed by atoms with Crippen molar-refractivity contribution >= 4 is 5.78 Å². The molecule has 0 aromatic heterocycles. The van der Waals surface area contributed by atoms with Crippen LogP contribution in [0.15, 0.2) is 30.3 Å². The lowest BCUT2D eigenvalue weighted by Gasteiger charge is -2.13. The van der Waals surface area contributed by atoms with Crippen LogP contribution in [-0.2, 0) is 0 Å². The van der Waals surface area contributed by atoms with Gasteiger partial charge in [-0.05, 0) is 49.2 Å². The minimum atomic E-state index is -0.591. The zero-order valence-corrected chi connectivity index (χ0v) is 12.5. The summed E-state index contributed by atoms with van der Waals surface area (Å²) in [4.78, 5) is 12.7. The van der Waals surface area contributed by atoms with Crippen LogP contribution in [0.1, 0.15) is 27.0 Å². The highest BCUT2D eigenvalue weighted by Gasteiger charge is 2.21. The topological polar surface area (TPSA) is 35.5 Å². The zero-order chi connectivity index (χ0) is 15.6. The van der Waals surface area contributed by atoms with Gasteiger partial charge in [0.1, 0.15) is 22.9 Å². The highest BCUT2D eigenvalue weighted by Crippen LogP contribution is 2.28. The summed E-state index contributed by atoms with van der Waals surface area (Å²) < 4.78 is 24.3. The number of carbonyl (C=O) groups is 1. The first-order valence-electron chi connectivity index (χ1n) is 6.52. The fourth-order valence-corrected chi connectivity index (χ4v) is 2.28. The maximum Gasteiger partial charge on any atom is 0.200 e. The molecule has 0 saturated heterocycles. The molecule has 0 heterocycles. The Morgan fingerprint density at radius 1 is 1.00 bits per heavy atom. The van der Waals surface area contributed by atoms with Gasteiger partial charge in [-0.3, -0.25) is 4.79 Å². The SMILES string of the molecule is COc1cc(C)c(C(=O)c2c(F)cccc2OC)cc1C. The second-order valence-corrected chi connectivity index (χ2v) is 4.78. The summed E-state index contributed by atoms with van der Waals surface area (Å²) in [6.45, 7) is 3.64. The average molecular weight is 288 g/mol. The summed E-state index contributed by atoms with van der Waals surface area (Å²) in [5.74, 6) is -0.0576. The van der Waals surface area contributed by atoms with Crippen LogP contribution in [0.25, 0.3) is 0 Å². The van der Waals surface area contributed by atoms with Gasteiger partial charge in [-0.15, -0.1) is 0 Å². The molecule has 0 atom stereocenters. The Balaban J connectivity index is 2.58. The second kappa shape index (κ2) is 5.95. The van der Waals surface area contributed by atoms with Crippen molar-refractivity contribution in [2.75, 3.05) is 14.2 Å². The first-order valence-corrected chi connectivity index (χ1v) is 6.52. The van der Waals surface area contributed by atoms with Crippen LogP contribution in [0.5, 0.6) is 11.5 Å². The quantitative estimate of drug-likeness (QED) is 0.805. The van der Waals surface area contributed by atoms with E-state index in [0.29, 0.717) is 11.3 Å². The maximum absolute atomic E-state index is 14.0. The minimum absolute atomic E-state index is 0.0485. The molecule has 0 aliphatic heterocycles. The van der Waals surface area contributed by atoms with Crippen LogP contribution < -0.4 is 9.47 Å². The van der Waals surface area contributed by atoms with E-state index in [4.69, 9.17) is 9.47 Å². The number of methoxy groups -OCH3 is 2. The van der Waals surface area contributed by atoms with Crippen LogP contribution >= 0.6 is 0 Å². The Kier molecular flexibility index (Phi) is 4.26. The first kappa shape index (κ1) is 15.0. The molecule has 110 valence electrons. The molecule has 4 heteroatoms. The number of hydrogen-bond acceptors (Lipinski definition) is 3. The summed E-state index contributed by atoms with van der Waals surface area (Å²) in [5, 5.41) is 0. The smallest absolute Gasteiger partial charge is 0.200 e. The van der Waals surface area contributed by atoms with Crippen LogP contribution in [0.4, 0.5) is 4.39 Å². The van der Waals surface area contributed by atoms with Gasteiger partial charge in [-0.25, -0.2) is 4.39 Å². The molecule has 0 amide bonds. The highest BCUT2D eigenvalue weighted by atomic mass is 19.1. The zero-order valence-electron chi connectivity index (χ0n) is 12.5. The van der Waals surface area contributed by atoms with Crippen molar-refractivity contribution in [3.05, 3.63) is 58.4 Å². The van der Waals surface area contributed by atoms with Crippen molar-refractivity contribution in [2.24, 2.45) is 0 Å². The minimum Gasteiger partial charge on any atom is -0.496 e. The van der Waals surface area contributed by atoms with Crippen LogP contribution in [0.3, 0.4) is 0 Å². The molecular weight excluding hydrogens is 271 g/mol. The Bertz CT molecular complexity index is 693. The van der Waals surface area contributed by atoms with E-state index in [1.54, 1.807) is 32.2 Å². The van der Waals surface area contributed by atoms with Crippen LogP contribution in [-0.4, -0.2) is 20.0 Å². The maximum atomic E-state index is 14.0. The van der Waals surface area contributed by atoms with E-state index in [-0.39, 0.29) is 11.3 Å². The summed E-state index contributed by atoms with van der Waals surface area (Å²) in [6.07, 6.45) is 0. The van der Waals surface area contributed by atoms with Gasteiger partial charge in [0, 0.05) is 5.56 Å². The fourth-order valence-electron chi connectivity index (χ4n) is 2.28. The average Bonchev–Trinajstić information content (AvgIpc) is 2.48. The Morgan fingerprint density at radius 2 is 1.67 bits per heavy atom. The molecule has 0 aliphatic rings. The van der Waals surface area contributed by atoms with Crippen molar-refractivity contribution < 1.29 is 18.7 Å². The molecule has 0 aliphatic carbocycles. The molecule has 0 radical (unpaired) electrons. The molecule has 0 N–H and O–H groups in total. The molecule has 0 unspecified atom stereocenters. The summed E-state index contributed by atoms with van der Waals surface area (Å²) in [7, 11) is 2.99. The number of halogens is 1. The molecule has 2 rings (SSSR count). The van der Waals surface area contributed by atoms with Crippen molar-refractivity contribution in [1.29, 1.82) is 0 Å². The van der Waals surface area contributed by atoms with E-state index < -0.39 is 11.6 Å². The Labute approximate surface area is 123 Å². The van der Waals surface area contributed by atoms with Crippen molar-refractivity contribution in [3.63, 3.8) is 0 Å². The second-order valence-electron chi connectivity index (χ2n) is 4.78. The number of carbonyl (C=O) groups excluding carboxylic acids is 1. The number of ketones is 1. The number of hydrogen-bond donors (Lipinski definition) is 0. The monoisotopic (exact) mass is 288 g/mol. The van der Waals surface area contributed by atoms with Gasteiger partial charge in [0.2, 0.25) is 0 Å². The first-order chi connectivity index (χ1) is 9.99. The Hall–Kier alpha value is -2.36. The van der Waals surface area contributed by atoms with E-state index in [2.05, 4.69) is 0 Å². The molecule has 21 heavy (non-hydrogen) atoms. The van der Waals surface area contributed by atoms with Crippen molar-refractivity contribution in [3.8, 4) is 11.5 Å². The molecule has 0 spiro atoms. The van der Waals surface area contributed by atoms with E-state index in [1.165, 1.54) is 19.2 Å². The molecular formula is C17H17FO3. The molecule has 2 aromatic rings. The van der Waals surface area contributed by atoms with E-state index >= 15 is 0 Å². The molecule has 2 aromatic carbocycles. The number of rotatable bonds is 4. The van der Waals surface area contributed by atoms with Crippen molar-refractivity contribution in [1.82, 2.24) is 0 Å². The van der Waals surface area contributed by atoms with Gasteiger partial charge >= 0.3 is 0 Å². The molecule has 0 bridgehead atoms. The summed E-state index contributed by atoms with van der Waals surface area (Å²) in [6, 6.07) is 7.82. The predicted octanol–water partition coefficient (Wildman–Crippen LogP) is 3.69. The third-order valence-corrected chi connectivity index (χ3v) is 3.41.